The van der Waals surface area contributed by atoms with Gasteiger partial charge in [0.1, 0.15) is 0 Å². The highest BCUT2D eigenvalue weighted by Crippen LogP contribution is 2.47. The first-order valence-corrected chi connectivity index (χ1v) is 17.1. The summed E-state index contributed by atoms with van der Waals surface area (Å²) in [6, 6.07) is 65.8. The van der Waals surface area contributed by atoms with E-state index in [2.05, 4.69) is 198 Å². The van der Waals surface area contributed by atoms with Crippen LogP contribution in [0.15, 0.2) is 189 Å². The minimum atomic E-state index is 1.08. The van der Waals surface area contributed by atoms with Crippen LogP contribution in [0.3, 0.4) is 0 Å². The van der Waals surface area contributed by atoms with Crippen molar-refractivity contribution in [3.05, 3.63) is 200 Å². The van der Waals surface area contributed by atoms with E-state index in [4.69, 9.17) is 0 Å². The largest absolute Gasteiger partial charge is 0.310 e. The SMILES string of the molecule is C=C1c2ccccc2-c2ccc(N(c3ccc(-c4ccc5c(c4)c4ccccc4n5-c4ccccc4)cc3)c3cccc4ccccc34)cc21. The van der Waals surface area contributed by atoms with Crippen molar-refractivity contribution < 1.29 is 0 Å². The quantitative estimate of drug-likeness (QED) is 0.182. The van der Waals surface area contributed by atoms with Crippen molar-refractivity contribution in [2.24, 2.45) is 0 Å². The zero-order valence-electron chi connectivity index (χ0n) is 27.4. The molecule has 0 amide bonds. The maximum absolute atomic E-state index is 4.52. The molecule has 2 heteroatoms. The molecule has 0 N–H and O–H groups in total. The van der Waals surface area contributed by atoms with Gasteiger partial charge in [-0.15, -0.1) is 0 Å². The standard InChI is InChI=1S/C48H32N2/c1-32-39-16-7-8-18-41(39)42-28-27-38(31-44(32)42)49(46-21-11-13-34-12-5-6-17-40(34)46)37-25-22-33(23-26-37)35-24-29-48-45(30-35)43-19-9-10-20-47(43)50(48)36-14-3-2-4-15-36/h2-31H,1H2. The molecule has 2 nitrogen and oxygen atoms in total. The number of fused-ring (bicyclic) bond motifs is 7. The molecule has 0 saturated heterocycles. The van der Waals surface area contributed by atoms with Crippen LogP contribution in [-0.4, -0.2) is 4.57 Å². The van der Waals surface area contributed by atoms with Gasteiger partial charge in [0.2, 0.25) is 0 Å². The molecule has 1 heterocycles. The van der Waals surface area contributed by atoms with E-state index in [1.54, 1.807) is 0 Å². The Morgan fingerprint density at radius 1 is 0.400 bits per heavy atom. The molecule has 0 atom stereocenters. The first-order chi connectivity index (χ1) is 24.7. The Morgan fingerprint density at radius 3 is 1.90 bits per heavy atom. The third-order valence-corrected chi connectivity index (χ3v) is 10.3. The fraction of sp³-hybridized carbons (Fsp3) is 0. The van der Waals surface area contributed by atoms with Gasteiger partial charge in [0, 0.05) is 33.2 Å². The normalized spacial score (nSPS) is 12.0. The number of hydrogen-bond donors (Lipinski definition) is 0. The first kappa shape index (κ1) is 28.4. The smallest absolute Gasteiger partial charge is 0.0541 e. The van der Waals surface area contributed by atoms with Gasteiger partial charge >= 0.3 is 0 Å². The maximum atomic E-state index is 4.52. The molecule has 0 radical (unpaired) electrons. The van der Waals surface area contributed by atoms with Crippen LogP contribution in [0.4, 0.5) is 17.1 Å². The lowest BCUT2D eigenvalue weighted by Gasteiger charge is -2.27. The highest BCUT2D eigenvalue weighted by Gasteiger charge is 2.24. The molecular formula is C48H32N2. The molecule has 50 heavy (non-hydrogen) atoms. The number of benzene rings is 8. The zero-order chi connectivity index (χ0) is 33.2. The molecule has 9 aromatic rings. The van der Waals surface area contributed by atoms with E-state index in [1.807, 2.05) is 0 Å². The summed E-state index contributed by atoms with van der Waals surface area (Å²) < 4.78 is 2.36. The second-order valence-corrected chi connectivity index (χ2v) is 13.1. The third kappa shape index (κ3) is 4.36. The number of para-hydroxylation sites is 2. The Labute approximate surface area is 291 Å². The predicted octanol–water partition coefficient (Wildman–Crippen LogP) is 13.1. The Bertz CT molecular complexity index is 2760. The van der Waals surface area contributed by atoms with Gasteiger partial charge in [-0.3, -0.25) is 0 Å². The minimum absolute atomic E-state index is 1.08. The molecule has 8 aromatic carbocycles. The van der Waals surface area contributed by atoms with Gasteiger partial charge in [0.25, 0.3) is 0 Å². The van der Waals surface area contributed by atoms with Crippen LogP contribution in [0.25, 0.3) is 66.1 Å². The van der Waals surface area contributed by atoms with Crippen LogP contribution in [0, 0.1) is 0 Å². The Balaban J connectivity index is 1.10. The molecule has 0 fully saturated rings. The Morgan fingerprint density at radius 2 is 1.04 bits per heavy atom. The number of nitrogens with zero attached hydrogens (tertiary/aromatic N) is 2. The van der Waals surface area contributed by atoms with Gasteiger partial charge in [-0.1, -0.05) is 128 Å². The van der Waals surface area contributed by atoms with E-state index in [0.717, 1.165) is 22.6 Å². The van der Waals surface area contributed by atoms with Gasteiger partial charge in [0.05, 0.1) is 16.7 Å². The fourth-order valence-corrected chi connectivity index (χ4v) is 7.92. The van der Waals surface area contributed by atoms with Crippen molar-refractivity contribution in [2.75, 3.05) is 4.90 Å². The lowest BCUT2D eigenvalue weighted by Crippen LogP contribution is -2.10. The van der Waals surface area contributed by atoms with Gasteiger partial charge in [-0.05, 0) is 105 Å². The first-order valence-electron chi connectivity index (χ1n) is 17.1. The average molecular weight is 637 g/mol. The molecule has 1 aliphatic carbocycles. The summed E-state index contributed by atoms with van der Waals surface area (Å²) in [5.74, 6) is 0. The molecule has 0 unspecified atom stereocenters. The highest BCUT2D eigenvalue weighted by molar-refractivity contribution is 6.10. The highest BCUT2D eigenvalue weighted by atomic mass is 15.1. The second kappa shape index (κ2) is 11.2. The molecule has 1 aromatic heterocycles. The molecule has 10 rings (SSSR count). The van der Waals surface area contributed by atoms with Crippen molar-refractivity contribution >= 4 is 55.2 Å². The molecular weight excluding hydrogens is 605 g/mol. The maximum Gasteiger partial charge on any atom is 0.0541 e. The van der Waals surface area contributed by atoms with Crippen LogP contribution in [-0.2, 0) is 0 Å². The molecule has 234 valence electrons. The minimum Gasteiger partial charge on any atom is -0.310 e. The van der Waals surface area contributed by atoms with E-state index >= 15 is 0 Å². The summed E-state index contributed by atoms with van der Waals surface area (Å²) in [4.78, 5) is 2.39. The number of rotatable bonds is 5. The number of hydrogen-bond acceptors (Lipinski definition) is 1. The van der Waals surface area contributed by atoms with Crippen LogP contribution in [0.5, 0.6) is 0 Å². The van der Waals surface area contributed by atoms with Crippen molar-refractivity contribution in [3.8, 4) is 27.9 Å². The summed E-state index contributed by atoms with van der Waals surface area (Å²) >= 11 is 0. The van der Waals surface area contributed by atoms with Crippen LogP contribution >= 0.6 is 0 Å². The van der Waals surface area contributed by atoms with E-state index in [0.29, 0.717) is 0 Å². The summed E-state index contributed by atoms with van der Waals surface area (Å²) in [7, 11) is 0. The van der Waals surface area contributed by atoms with E-state index in [1.165, 1.54) is 71.6 Å². The summed E-state index contributed by atoms with van der Waals surface area (Å²) in [5, 5.41) is 4.93. The van der Waals surface area contributed by atoms with Crippen molar-refractivity contribution in [3.63, 3.8) is 0 Å². The van der Waals surface area contributed by atoms with E-state index in [9.17, 15) is 0 Å². The monoisotopic (exact) mass is 636 g/mol. The molecule has 0 saturated carbocycles. The van der Waals surface area contributed by atoms with Crippen molar-refractivity contribution in [2.45, 2.75) is 0 Å². The lowest BCUT2D eigenvalue weighted by atomic mass is 10.0. The summed E-state index contributed by atoms with van der Waals surface area (Å²) in [5.41, 5.74) is 15.3. The zero-order valence-corrected chi connectivity index (χ0v) is 27.4. The number of anilines is 3. The van der Waals surface area contributed by atoms with Gasteiger partial charge in [0.15, 0.2) is 0 Å². The fourth-order valence-electron chi connectivity index (χ4n) is 7.92. The van der Waals surface area contributed by atoms with E-state index in [-0.39, 0.29) is 0 Å². The van der Waals surface area contributed by atoms with Crippen LogP contribution in [0.2, 0.25) is 0 Å². The van der Waals surface area contributed by atoms with Gasteiger partial charge in [-0.2, -0.15) is 0 Å². The summed E-state index contributed by atoms with van der Waals surface area (Å²) in [6.45, 7) is 4.52. The van der Waals surface area contributed by atoms with Crippen molar-refractivity contribution in [1.82, 2.24) is 4.57 Å². The van der Waals surface area contributed by atoms with Gasteiger partial charge < -0.3 is 9.47 Å². The average Bonchev–Trinajstić information content (AvgIpc) is 3.67. The Hall–Kier alpha value is -6.64. The topological polar surface area (TPSA) is 8.17 Å². The van der Waals surface area contributed by atoms with Crippen LogP contribution in [0.1, 0.15) is 11.1 Å². The molecule has 0 aliphatic heterocycles. The summed E-state index contributed by atoms with van der Waals surface area (Å²) in [6.07, 6.45) is 0. The lowest BCUT2D eigenvalue weighted by molar-refractivity contribution is 1.18. The molecule has 1 aliphatic rings. The number of aromatic nitrogens is 1. The van der Waals surface area contributed by atoms with Crippen molar-refractivity contribution in [1.29, 1.82) is 0 Å². The third-order valence-electron chi connectivity index (χ3n) is 10.3. The Kier molecular flexibility index (Phi) is 6.37. The van der Waals surface area contributed by atoms with Gasteiger partial charge in [-0.25, -0.2) is 0 Å². The second-order valence-electron chi connectivity index (χ2n) is 13.1. The van der Waals surface area contributed by atoms with E-state index < -0.39 is 0 Å². The predicted molar refractivity (Wildman–Crippen MR) is 212 cm³/mol. The molecule has 0 spiro atoms. The van der Waals surface area contributed by atoms with Crippen LogP contribution < -0.4 is 4.90 Å². The molecule has 0 bridgehead atoms.